The first-order valence-corrected chi connectivity index (χ1v) is 5.87. The minimum atomic E-state index is -0.0868. The molecule has 0 aromatic carbocycles. The summed E-state index contributed by atoms with van der Waals surface area (Å²) >= 11 is 0. The van der Waals surface area contributed by atoms with E-state index in [9.17, 15) is 4.79 Å². The molecule has 17 heavy (non-hydrogen) atoms. The molecule has 90 valence electrons. The van der Waals surface area contributed by atoms with Gasteiger partial charge in [0.2, 0.25) is 0 Å². The molecule has 0 saturated carbocycles. The van der Waals surface area contributed by atoms with Crippen molar-refractivity contribution in [2.24, 2.45) is 0 Å². The normalized spacial score (nSPS) is 20.4. The molecule has 0 aliphatic carbocycles. The number of aromatic nitrogens is 2. The molecule has 1 aromatic heterocycles. The maximum Gasteiger partial charge on any atom is 0.196 e. The highest BCUT2D eigenvalue weighted by Crippen LogP contribution is 2.25. The van der Waals surface area contributed by atoms with Gasteiger partial charge in [-0.2, -0.15) is 0 Å². The standard InChI is InChI=1S/C13H17N3O/c1-3-5-16-6-4-11(9-16)12-7-14-13(10(2)17)15-8-12/h3,7-8,11H,1,4-6,9H2,2H3. The largest absolute Gasteiger partial charge is 0.299 e. The van der Waals surface area contributed by atoms with Crippen molar-refractivity contribution in [1.29, 1.82) is 0 Å². The number of carbonyl (C=O) groups excluding carboxylic acids is 1. The van der Waals surface area contributed by atoms with E-state index >= 15 is 0 Å². The first-order valence-electron chi connectivity index (χ1n) is 5.87. The minimum Gasteiger partial charge on any atom is -0.299 e. The predicted molar refractivity (Wildman–Crippen MR) is 66.0 cm³/mol. The Labute approximate surface area is 101 Å². The van der Waals surface area contributed by atoms with Crippen molar-refractivity contribution >= 4 is 5.78 Å². The number of ketones is 1. The Morgan fingerprint density at radius 2 is 2.29 bits per heavy atom. The molecule has 4 nitrogen and oxygen atoms in total. The van der Waals surface area contributed by atoms with E-state index < -0.39 is 0 Å². The molecule has 1 fully saturated rings. The Kier molecular flexibility index (Phi) is 3.64. The van der Waals surface area contributed by atoms with Gasteiger partial charge in [-0.25, -0.2) is 9.97 Å². The Bertz CT molecular complexity index is 413. The molecule has 1 unspecified atom stereocenters. The van der Waals surface area contributed by atoms with Gasteiger partial charge in [-0.15, -0.1) is 6.58 Å². The van der Waals surface area contributed by atoms with E-state index in [4.69, 9.17) is 0 Å². The fourth-order valence-corrected chi connectivity index (χ4v) is 2.18. The second kappa shape index (κ2) is 5.19. The smallest absolute Gasteiger partial charge is 0.196 e. The van der Waals surface area contributed by atoms with E-state index in [1.807, 2.05) is 6.08 Å². The fraction of sp³-hybridized carbons (Fsp3) is 0.462. The van der Waals surface area contributed by atoms with Gasteiger partial charge in [-0.05, 0) is 18.5 Å². The number of hydrogen-bond donors (Lipinski definition) is 0. The summed E-state index contributed by atoms with van der Waals surface area (Å²) in [5, 5.41) is 0. The molecule has 1 atom stereocenters. The van der Waals surface area contributed by atoms with Crippen LogP contribution in [0.5, 0.6) is 0 Å². The van der Waals surface area contributed by atoms with E-state index in [0.717, 1.165) is 31.6 Å². The molecule has 1 aromatic rings. The molecule has 4 heteroatoms. The summed E-state index contributed by atoms with van der Waals surface area (Å²) in [5.41, 5.74) is 1.13. The molecule has 2 heterocycles. The number of hydrogen-bond acceptors (Lipinski definition) is 4. The van der Waals surface area contributed by atoms with Crippen LogP contribution < -0.4 is 0 Å². The second-order valence-corrected chi connectivity index (χ2v) is 4.43. The molecular formula is C13H17N3O. The zero-order valence-electron chi connectivity index (χ0n) is 10.1. The topological polar surface area (TPSA) is 46.1 Å². The average Bonchev–Trinajstić information content (AvgIpc) is 2.78. The van der Waals surface area contributed by atoms with Crippen molar-refractivity contribution in [3.8, 4) is 0 Å². The quantitative estimate of drug-likeness (QED) is 0.584. The Morgan fingerprint density at radius 3 is 2.88 bits per heavy atom. The second-order valence-electron chi connectivity index (χ2n) is 4.43. The molecule has 1 aliphatic heterocycles. The van der Waals surface area contributed by atoms with Gasteiger partial charge in [0.25, 0.3) is 0 Å². The van der Waals surface area contributed by atoms with Gasteiger partial charge in [0.1, 0.15) is 0 Å². The number of likely N-dealkylation sites (tertiary alicyclic amines) is 1. The van der Waals surface area contributed by atoms with Crippen LogP contribution in [0.4, 0.5) is 0 Å². The third-order valence-electron chi connectivity index (χ3n) is 3.12. The van der Waals surface area contributed by atoms with Crippen LogP contribution in [-0.2, 0) is 0 Å². The van der Waals surface area contributed by atoms with Crippen LogP contribution in [0, 0.1) is 0 Å². The van der Waals surface area contributed by atoms with Gasteiger partial charge in [-0.3, -0.25) is 9.69 Å². The van der Waals surface area contributed by atoms with Gasteiger partial charge in [-0.1, -0.05) is 6.08 Å². The molecule has 0 N–H and O–H groups in total. The zero-order valence-corrected chi connectivity index (χ0v) is 10.1. The van der Waals surface area contributed by atoms with Crippen molar-refractivity contribution in [2.75, 3.05) is 19.6 Å². The maximum absolute atomic E-state index is 11.1. The minimum absolute atomic E-state index is 0.0868. The average molecular weight is 231 g/mol. The summed E-state index contributed by atoms with van der Waals surface area (Å²) in [6, 6.07) is 0. The number of Topliss-reactive ketones (excluding diaryl/α,β-unsaturated/α-hetero) is 1. The summed E-state index contributed by atoms with van der Waals surface area (Å²) in [4.78, 5) is 21.6. The van der Waals surface area contributed by atoms with E-state index in [1.54, 1.807) is 12.4 Å². The molecule has 0 amide bonds. The molecule has 2 rings (SSSR count). The van der Waals surface area contributed by atoms with E-state index in [1.165, 1.54) is 6.92 Å². The SMILES string of the molecule is C=CCN1CCC(c2cnc(C(C)=O)nc2)C1. The van der Waals surface area contributed by atoms with Crippen molar-refractivity contribution < 1.29 is 4.79 Å². The monoisotopic (exact) mass is 231 g/mol. The first-order chi connectivity index (χ1) is 8.20. The summed E-state index contributed by atoms with van der Waals surface area (Å²) in [6.07, 6.45) is 6.62. The number of carbonyl (C=O) groups is 1. The van der Waals surface area contributed by atoms with Crippen LogP contribution >= 0.6 is 0 Å². The van der Waals surface area contributed by atoms with Crippen molar-refractivity contribution in [1.82, 2.24) is 14.9 Å². The van der Waals surface area contributed by atoms with Crippen LogP contribution in [0.1, 0.15) is 35.4 Å². The predicted octanol–water partition coefficient (Wildman–Crippen LogP) is 1.65. The van der Waals surface area contributed by atoms with E-state index in [2.05, 4.69) is 21.4 Å². The number of nitrogens with zero attached hydrogens (tertiary/aromatic N) is 3. The van der Waals surface area contributed by atoms with Gasteiger partial charge in [0.15, 0.2) is 11.6 Å². The molecule has 0 radical (unpaired) electrons. The summed E-state index contributed by atoms with van der Waals surface area (Å²) in [6.45, 7) is 8.28. The lowest BCUT2D eigenvalue weighted by molar-refractivity contribution is 0.100. The van der Waals surface area contributed by atoms with Crippen molar-refractivity contribution in [2.45, 2.75) is 19.3 Å². The summed E-state index contributed by atoms with van der Waals surface area (Å²) in [7, 11) is 0. The Balaban J connectivity index is 2.03. The van der Waals surface area contributed by atoms with Gasteiger partial charge in [0.05, 0.1) is 0 Å². The third kappa shape index (κ3) is 2.77. The highest BCUT2D eigenvalue weighted by Gasteiger charge is 2.23. The zero-order chi connectivity index (χ0) is 12.3. The lowest BCUT2D eigenvalue weighted by Gasteiger charge is -2.13. The summed E-state index contributed by atoms with van der Waals surface area (Å²) < 4.78 is 0. The van der Waals surface area contributed by atoms with Gasteiger partial charge >= 0.3 is 0 Å². The highest BCUT2D eigenvalue weighted by atomic mass is 16.1. The van der Waals surface area contributed by atoms with Crippen LogP contribution in [0.3, 0.4) is 0 Å². The lowest BCUT2D eigenvalue weighted by atomic mass is 10.0. The summed E-state index contributed by atoms with van der Waals surface area (Å²) in [5.74, 6) is 0.696. The van der Waals surface area contributed by atoms with Crippen LogP contribution in [0.25, 0.3) is 0 Å². The van der Waals surface area contributed by atoms with Gasteiger partial charge < -0.3 is 0 Å². The molecule has 1 saturated heterocycles. The molecule has 0 bridgehead atoms. The van der Waals surface area contributed by atoms with Crippen LogP contribution in [0.15, 0.2) is 25.0 Å². The molecule has 0 spiro atoms. The maximum atomic E-state index is 11.1. The van der Waals surface area contributed by atoms with Crippen molar-refractivity contribution in [3.63, 3.8) is 0 Å². The Morgan fingerprint density at radius 1 is 1.59 bits per heavy atom. The fourth-order valence-electron chi connectivity index (χ4n) is 2.18. The molecule has 1 aliphatic rings. The van der Waals surface area contributed by atoms with Crippen LogP contribution in [-0.4, -0.2) is 40.3 Å². The van der Waals surface area contributed by atoms with E-state index in [-0.39, 0.29) is 5.78 Å². The highest BCUT2D eigenvalue weighted by molar-refractivity contribution is 5.90. The Hall–Kier alpha value is -1.55. The molecular weight excluding hydrogens is 214 g/mol. The van der Waals surface area contributed by atoms with Crippen LogP contribution in [0.2, 0.25) is 0 Å². The van der Waals surface area contributed by atoms with E-state index in [0.29, 0.717) is 11.7 Å². The lowest BCUT2D eigenvalue weighted by Crippen LogP contribution is -2.20. The third-order valence-corrected chi connectivity index (χ3v) is 3.12. The number of rotatable bonds is 4. The first kappa shape index (κ1) is 11.9. The van der Waals surface area contributed by atoms with Gasteiger partial charge in [0, 0.05) is 38.3 Å². The van der Waals surface area contributed by atoms with Crippen molar-refractivity contribution in [3.05, 3.63) is 36.4 Å².